The van der Waals surface area contributed by atoms with Gasteiger partial charge in [-0.2, -0.15) is 0 Å². The monoisotopic (exact) mass is 580 g/mol. The maximum absolute atomic E-state index is 13.7. The molecule has 0 unspecified atom stereocenters. The Kier molecular flexibility index (Phi) is 9.24. The van der Waals surface area contributed by atoms with E-state index < -0.39 is 30.5 Å². The Hall–Kier alpha value is -3.04. The summed E-state index contributed by atoms with van der Waals surface area (Å²) in [4.78, 5) is 33.0. The molecule has 5 rings (SSSR count). The highest BCUT2D eigenvalue weighted by Crippen LogP contribution is 2.47. The number of hydrogen-bond donors (Lipinski definition) is 4. The van der Waals surface area contributed by atoms with Gasteiger partial charge in [-0.25, -0.2) is 0 Å². The number of aliphatic hydroxyl groups excluding tert-OH is 3. The minimum absolute atomic E-state index is 0.0538. The van der Waals surface area contributed by atoms with Crippen LogP contribution in [0.3, 0.4) is 0 Å². The Morgan fingerprint density at radius 1 is 1.10 bits per heavy atom. The summed E-state index contributed by atoms with van der Waals surface area (Å²) in [6.45, 7) is -0.760. The van der Waals surface area contributed by atoms with Crippen LogP contribution < -0.4 is 0 Å². The number of phenols is 1. The topological polar surface area (TPSA) is 131 Å². The van der Waals surface area contributed by atoms with E-state index >= 15 is 0 Å². The number of carbonyl (C=O) groups is 2. The first kappa shape index (κ1) is 29.5. The first-order valence-electron chi connectivity index (χ1n) is 14.4. The number of aromatic nitrogens is 1. The maximum Gasteiger partial charge on any atom is 0.234 e. The number of benzene rings is 1. The molecule has 2 heterocycles. The van der Waals surface area contributed by atoms with Crippen LogP contribution in [0.1, 0.15) is 62.6 Å². The molecule has 2 aliphatic carbocycles. The Balaban J connectivity index is 1.41. The van der Waals surface area contributed by atoms with Crippen molar-refractivity contribution in [1.82, 2.24) is 9.88 Å². The molecule has 0 radical (unpaired) electrons. The summed E-state index contributed by atoms with van der Waals surface area (Å²) in [7, 11) is 0. The van der Waals surface area contributed by atoms with Gasteiger partial charge in [0, 0.05) is 18.2 Å². The van der Waals surface area contributed by atoms with E-state index in [1.165, 1.54) is 11.0 Å². The van der Waals surface area contributed by atoms with E-state index in [0.717, 1.165) is 37.7 Å². The average molecular weight is 581 g/mol. The summed E-state index contributed by atoms with van der Waals surface area (Å²) in [5.41, 5.74) is 3.16. The van der Waals surface area contributed by atoms with E-state index in [4.69, 9.17) is 11.6 Å². The van der Waals surface area contributed by atoms with Crippen molar-refractivity contribution in [2.75, 3.05) is 13.2 Å². The molecular weight excluding hydrogens is 544 g/mol. The number of hydrogen-bond acceptors (Lipinski definition) is 7. The number of halogens is 1. The smallest absolute Gasteiger partial charge is 0.234 e. The number of phenolic OH excluding ortho intramolecular Hbond substituents is 1. The summed E-state index contributed by atoms with van der Waals surface area (Å²) < 4.78 is 0. The van der Waals surface area contributed by atoms with E-state index in [1.54, 1.807) is 18.3 Å². The van der Waals surface area contributed by atoms with E-state index in [0.29, 0.717) is 33.8 Å². The summed E-state index contributed by atoms with van der Waals surface area (Å²) in [6.07, 6.45) is 7.94. The van der Waals surface area contributed by atoms with Crippen LogP contribution in [0.5, 0.6) is 5.75 Å². The van der Waals surface area contributed by atoms with E-state index in [2.05, 4.69) is 4.98 Å². The Bertz CT molecular complexity index is 1340. The van der Waals surface area contributed by atoms with Gasteiger partial charge < -0.3 is 20.4 Å². The molecule has 4 atom stereocenters. The lowest BCUT2D eigenvalue weighted by Gasteiger charge is -2.36. The minimum atomic E-state index is -1.05. The zero-order chi connectivity index (χ0) is 29.1. The molecule has 218 valence electrons. The van der Waals surface area contributed by atoms with Gasteiger partial charge >= 0.3 is 0 Å². The summed E-state index contributed by atoms with van der Waals surface area (Å²) in [5, 5.41) is 42.4. The van der Waals surface area contributed by atoms with Crippen LogP contribution in [0.15, 0.2) is 53.7 Å². The van der Waals surface area contributed by atoms with Crippen LogP contribution in [-0.4, -0.2) is 67.5 Å². The Labute approximate surface area is 245 Å². The fourth-order valence-electron chi connectivity index (χ4n) is 6.92. The zero-order valence-corrected chi connectivity index (χ0v) is 23.7. The molecule has 0 bridgehead atoms. The molecule has 2 amide bonds. The zero-order valence-electron chi connectivity index (χ0n) is 23.0. The molecule has 1 saturated carbocycles. The molecule has 1 aliphatic heterocycles. The second-order valence-electron chi connectivity index (χ2n) is 11.3. The standard InChI is InChI=1S/C32H37ClN2O6/c33-26-16-23(38)11-9-19(26)14-20(27-8-4-5-13-34-27)10-12-28(39)29-21(17-36)15-24-30(25(29)18-37)32(41)35(31(24)40)22-6-2-1-3-7-22/h4-5,8-9,11,13-14,16,22,24-25,28,30,36-39H,1-3,6-7,10,12,15,17-18H2/b20-14-/t24-,25+,28-,30-/m1/s1. The number of likely N-dealkylation sites (tertiary alicyclic amines) is 1. The first-order valence-corrected chi connectivity index (χ1v) is 14.8. The molecule has 9 heteroatoms. The third-order valence-corrected chi connectivity index (χ3v) is 9.23. The van der Waals surface area contributed by atoms with Crippen LogP contribution in [-0.2, 0) is 9.59 Å². The van der Waals surface area contributed by atoms with E-state index in [-0.39, 0.29) is 43.1 Å². The van der Waals surface area contributed by atoms with Gasteiger partial charge in [0.05, 0.1) is 41.9 Å². The Morgan fingerprint density at radius 3 is 2.54 bits per heavy atom. The highest BCUT2D eigenvalue weighted by atomic mass is 35.5. The molecular formula is C32H37ClN2O6. The Morgan fingerprint density at radius 2 is 1.88 bits per heavy atom. The molecule has 2 fully saturated rings. The molecule has 2 aromatic rings. The van der Waals surface area contributed by atoms with Gasteiger partial charge in [0.15, 0.2) is 0 Å². The van der Waals surface area contributed by atoms with Gasteiger partial charge in [0.2, 0.25) is 11.8 Å². The van der Waals surface area contributed by atoms with Gasteiger partial charge in [-0.1, -0.05) is 36.9 Å². The summed E-state index contributed by atoms with van der Waals surface area (Å²) in [6, 6.07) is 10.1. The lowest BCUT2D eigenvalue weighted by atomic mass is 9.68. The lowest BCUT2D eigenvalue weighted by molar-refractivity contribution is -0.143. The van der Waals surface area contributed by atoms with Crippen molar-refractivity contribution in [3.8, 4) is 5.75 Å². The summed E-state index contributed by atoms with van der Waals surface area (Å²) >= 11 is 6.37. The molecule has 0 spiro atoms. The van der Waals surface area contributed by atoms with Crippen molar-refractivity contribution in [1.29, 1.82) is 0 Å². The third kappa shape index (κ3) is 5.97. The van der Waals surface area contributed by atoms with Crippen LogP contribution in [0.4, 0.5) is 0 Å². The second kappa shape index (κ2) is 12.9. The molecule has 1 saturated heterocycles. The van der Waals surface area contributed by atoms with E-state index in [1.807, 2.05) is 24.3 Å². The number of nitrogens with zero attached hydrogens (tertiary/aromatic N) is 2. The SMILES string of the molecule is O=C1[C@@H]2[C@@H](CC(CO)=C([C@H](O)CC/C(=C/c3ccc(O)cc3Cl)c3ccccn3)[C@@H]2CO)C(=O)N1C1CCCCC1. The van der Waals surface area contributed by atoms with Crippen molar-refractivity contribution < 1.29 is 30.0 Å². The summed E-state index contributed by atoms with van der Waals surface area (Å²) in [5.74, 6) is -2.53. The quantitative estimate of drug-likeness (QED) is 0.256. The maximum atomic E-state index is 13.7. The molecule has 1 aromatic carbocycles. The average Bonchev–Trinajstić information content (AvgIpc) is 3.24. The van der Waals surface area contributed by atoms with Gasteiger partial charge in [0.1, 0.15) is 5.75 Å². The van der Waals surface area contributed by atoms with Gasteiger partial charge in [-0.3, -0.25) is 19.5 Å². The van der Waals surface area contributed by atoms with Crippen molar-refractivity contribution in [2.24, 2.45) is 17.8 Å². The number of aromatic hydroxyl groups is 1. The van der Waals surface area contributed by atoms with Crippen molar-refractivity contribution >= 4 is 35.1 Å². The van der Waals surface area contributed by atoms with Crippen molar-refractivity contribution in [3.05, 3.63) is 70.0 Å². The number of imide groups is 1. The largest absolute Gasteiger partial charge is 0.508 e. The lowest BCUT2D eigenvalue weighted by Crippen LogP contribution is -2.42. The number of aliphatic hydroxyl groups is 3. The van der Waals surface area contributed by atoms with Gasteiger partial charge in [-0.05, 0) is 90.8 Å². The molecule has 4 N–H and O–H groups in total. The van der Waals surface area contributed by atoms with Crippen LogP contribution in [0, 0.1) is 17.8 Å². The fourth-order valence-corrected chi connectivity index (χ4v) is 7.15. The van der Waals surface area contributed by atoms with Crippen LogP contribution in [0.2, 0.25) is 5.02 Å². The van der Waals surface area contributed by atoms with Crippen LogP contribution >= 0.6 is 11.6 Å². The number of carbonyl (C=O) groups excluding carboxylic acids is 2. The normalized spacial score (nSPS) is 24.6. The predicted molar refractivity (Wildman–Crippen MR) is 155 cm³/mol. The number of allylic oxidation sites excluding steroid dienone is 1. The number of rotatable bonds is 9. The molecule has 3 aliphatic rings. The molecule has 1 aromatic heterocycles. The van der Waals surface area contributed by atoms with Gasteiger partial charge in [-0.15, -0.1) is 0 Å². The highest BCUT2D eigenvalue weighted by Gasteiger charge is 2.56. The highest BCUT2D eigenvalue weighted by molar-refractivity contribution is 6.32. The number of fused-ring (bicyclic) bond motifs is 1. The van der Waals surface area contributed by atoms with E-state index in [9.17, 15) is 30.0 Å². The number of amides is 2. The predicted octanol–water partition coefficient (Wildman–Crippen LogP) is 4.36. The minimum Gasteiger partial charge on any atom is -0.508 e. The fraction of sp³-hybridized carbons (Fsp3) is 0.469. The third-order valence-electron chi connectivity index (χ3n) is 8.90. The molecule has 41 heavy (non-hydrogen) atoms. The van der Waals surface area contributed by atoms with Crippen molar-refractivity contribution in [2.45, 2.75) is 63.5 Å². The number of pyridine rings is 1. The van der Waals surface area contributed by atoms with Gasteiger partial charge in [0.25, 0.3) is 0 Å². The first-order chi connectivity index (χ1) is 19.8. The second-order valence-corrected chi connectivity index (χ2v) is 11.7. The van der Waals surface area contributed by atoms with Crippen molar-refractivity contribution in [3.63, 3.8) is 0 Å². The molecule has 8 nitrogen and oxygen atoms in total. The van der Waals surface area contributed by atoms with Crippen LogP contribution in [0.25, 0.3) is 11.6 Å².